The number of anilines is 1. The van der Waals surface area contributed by atoms with Gasteiger partial charge in [0.05, 0.1) is 30.7 Å². The van der Waals surface area contributed by atoms with E-state index in [9.17, 15) is 5.11 Å². The highest BCUT2D eigenvalue weighted by Gasteiger charge is 2.34. The third kappa shape index (κ3) is 4.22. The molecule has 5 heteroatoms. The number of pyridine rings is 1. The normalized spacial score (nSPS) is 22.5. The van der Waals surface area contributed by atoms with Gasteiger partial charge in [0, 0.05) is 38.4 Å². The Morgan fingerprint density at radius 1 is 1.17 bits per heavy atom. The molecule has 2 aliphatic heterocycles. The minimum absolute atomic E-state index is 0.462. The van der Waals surface area contributed by atoms with E-state index in [-0.39, 0.29) is 0 Å². The van der Waals surface area contributed by atoms with Crippen molar-refractivity contribution in [1.82, 2.24) is 9.88 Å². The van der Waals surface area contributed by atoms with E-state index in [4.69, 9.17) is 4.74 Å². The van der Waals surface area contributed by atoms with E-state index < -0.39 is 5.60 Å². The smallest absolute Gasteiger partial charge is 0.0807 e. The Balaban J connectivity index is 1.54. The lowest BCUT2D eigenvalue weighted by Crippen LogP contribution is -2.53. The van der Waals surface area contributed by atoms with Crippen molar-refractivity contribution in [3.05, 3.63) is 24.0 Å². The van der Waals surface area contributed by atoms with Crippen LogP contribution in [0.4, 0.5) is 5.69 Å². The van der Waals surface area contributed by atoms with E-state index in [1.807, 2.05) is 6.20 Å². The van der Waals surface area contributed by atoms with Gasteiger partial charge in [0.1, 0.15) is 0 Å². The Labute approximate surface area is 139 Å². The van der Waals surface area contributed by atoms with E-state index in [1.54, 1.807) is 0 Å². The predicted octanol–water partition coefficient (Wildman–Crippen LogP) is 1.87. The first-order valence-corrected chi connectivity index (χ1v) is 8.79. The number of piperidine rings is 1. The third-order valence-corrected chi connectivity index (χ3v) is 5.04. The fraction of sp³-hybridized carbons (Fsp3) is 0.722. The van der Waals surface area contributed by atoms with Crippen LogP contribution in [0.3, 0.4) is 0 Å². The molecule has 1 N–H and O–H groups in total. The highest BCUT2D eigenvalue weighted by atomic mass is 16.5. The number of rotatable bonds is 4. The summed E-state index contributed by atoms with van der Waals surface area (Å²) in [6.45, 7) is 10.3. The Morgan fingerprint density at radius 3 is 2.43 bits per heavy atom. The number of ether oxygens (including phenoxy) is 1. The molecule has 0 saturated carbocycles. The molecule has 0 spiro atoms. The molecule has 0 unspecified atom stereocenters. The second kappa shape index (κ2) is 7.16. The summed E-state index contributed by atoms with van der Waals surface area (Å²) in [4.78, 5) is 9.23. The summed E-state index contributed by atoms with van der Waals surface area (Å²) < 4.78 is 5.38. The molecule has 2 aliphatic rings. The van der Waals surface area contributed by atoms with Crippen molar-refractivity contribution >= 4 is 5.69 Å². The molecule has 2 fully saturated rings. The number of morpholine rings is 1. The molecule has 128 valence electrons. The fourth-order valence-electron chi connectivity index (χ4n) is 3.44. The highest BCUT2D eigenvalue weighted by molar-refractivity contribution is 5.45. The van der Waals surface area contributed by atoms with Crippen LogP contribution in [0.5, 0.6) is 0 Å². The van der Waals surface area contributed by atoms with Gasteiger partial charge in [0.2, 0.25) is 0 Å². The number of aliphatic hydroxyl groups is 1. The SMILES string of the molecule is CC(C)c1ccc(N2CCC(O)(CN3CCOCC3)CC2)cn1. The van der Waals surface area contributed by atoms with Crippen molar-refractivity contribution in [2.75, 3.05) is 50.8 Å². The van der Waals surface area contributed by atoms with Crippen LogP contribution in [0.2, 0.25) is 0 Å². The lowest BCUT2D eigenvalue weighted by Gasteiger charge is -2.42. The summed E-state index contributed by atoms with van der Waals surface area (Å²) in [7, 11) is 0. The van der Waals surface area contributed by atoms with E-state index in [0.717, 1.165) is 64.5 Å². The molecule has 0 aromatic carbocycles. The highest BCUT2D eigenvalue weighted by Crippen LogP contribution is 2.27. The van der Waals surface area contributed by atoms with E-state index in [2.05, 4.69) is 40.8 Å². The summed E-state index contributed by atoms with van der Waals surface area (Å²) >= 11 is 0. The first-order chi connectivity index (χ1) is 11.1. The molecule has 5 nitrogen and oxygen atoms in total. The molecule has 3 heterocycles. The van der Waals surface area contributed by atoms with Gasteiger partial charge in [0.25, 0.3) is 0 Å². The Hall–Kier alpha value is -1.17. The molecule has 0 amide bonds. The molecular weight excluding hydrogens is 290 g/mol. The molecule has 0 radical (unpaired) electrons. The lowest BCUT2D eigenvalue weighted by molar-refractivity contribution is -0.0440. The molecule has 1 aromatic rings. The summed E-state index contributed by atoms with van der Waals surface area (Å²) in [6.07, 6.45) is 3.61. The van der Waals surface area contributed by atoms with Gasteiger partial charge in [-0.05, 0) is 30.9 Å². The zero-order chi connectivity index (χ0) is 16.3. The van der Waals surface area contributed by atoms with Crippen LogP contribution in [-0.4, -0.2) is 66.5 Å². The minimum Gasteiger partial charge on any atom is -0.388 e. The molecule has 23 heavy (non-hydrogen) atoms. The van der Waals surface area contributed by atoms with Gasteiger partial charge in [-0.15, -0.1) is 0 Å². The monoisotopic (exact) mass is 319 g/mol. The summed E-state index contributed by atoms with van der Waals surface area (Å²) in [6, 6.07) is 4.28. The first-order valence-electron chi connectivity index (χ1n) is 8.79. The first kappa shape index (κ1) is 16.7. The number of β-amino-alcohol motifs (C(OH)–C–C–N with tert-alkyl or cyclic N) is 1. The maximum absolute atomic E-state index is 10.9. The van der Waals surface area contributed by atoms with Crippen LogP contribution < -0.4 is 4.90 Å². The third-order valence-electron chi connectivity index (χ3n) is 5.04. The van der Waals surface area contributed by atoms with Crippen LogP contribution in [0, 0.1) is 0 Å². The lowest BCUT2D eigenvalue weighted by atomic mass is 9.90. The second-order valence-electron chi connectivity index (χ2n) is 7.20. The van der Waals surface area contributed by atoms with Gasteiger partial charge < -0.3 is 14.7 Å². The average molecular weight is 319 g/mol. The van der Waals surface area contributed by atoms with E-state index in [0.29, 0.717) is 5.92 Å². The second-order valence-corrected chi connectivity index (χ2v) is 7.20. The van der Waals surface area contributed by atoms with Crippen molar-refractivity contribution in [1.29, 1.82) is 0 Å². The topological polar surface area (TPSA) is 48.8 Å². The predicted molar refractivity (Wildman–Crippen MR) is 92.0 cm³/mol. The largest absolute Gasteiger partial charge is 0.388 e. The molecule has 0 bridgehead atoms. The van der Waals surface area contributed by atoms with Gasteiger partial charge in [-0.2, -0.15) is 0 Å². The molecule has 0 atom stereocenters. The molecule has 2 saturated heterocycles. The summed E-state index contributed by atoms with van der Waals surface area (Å²) in [5.74, 6) is 0.462. The van der Waals surface area contributed by atoms with Crippen LogP contribution >= 0.6 is 0 Å². The number of nitrogens with zero attached hydrogens (tertiary/aromatic N) is 3. The van der Waals surface area contributed by atoms with Crippen LogP contribution in [0.1, 0.15) is 38.3 Å². The minimum atomic E-state index is -0.556. The Morgan fingerprint density at radius 2 is 1.87 bits per heavy atom. The van der Waals surface area contributed by atoms with Crippen LogP contribution in [-0.2, 0) is 4.74 Å². The number of hydrogen-bond acceptors (Lipinski definition) is 5. The zero-order valence-electron chi connectivity index (χ0n) is 14.4. The van der Waals surface area contributed by atoms with Crippen molar-refractivity contribution < 1.29 is 9.84 Å². The summed E-state index contributed by atoms with van der Waals surface area (Å²) in [5.41, 5.74) is 1.75. The number of hydrogen-bond donors (Lipinski definition) is 1. The molecule has 0 aliphatic carbocycles. The maximum Gasteiger partial charge on any atom is 0.0807 e. The van der Waals surface area contributed by atoms with Crippen LogP contribution in [0.15, 0.2) is 18.3 Å². The van der Waals surface area contributed by atoms with E-state index in [1.165, 1.54) is 5.69 Å². The van der Waals surface area contributed by atoms with Gasteiger partial charge in [0.15, 0.2) is 0 Å². The number of aromatic nitrogens is 1. The standard InChI is InChI=1S/C18H29N3O2/c1-15(2)17-4-3-16(13-19-17)21-7-5-18(22,6-8-21)14-20-9-11-23-12-10-20/h3-4,13,15,22H,5-12,14H2,1-2H3. The molecule has 1 aromatic heterocycles. The van der Waals surface area contributed by atoms with Gasteiger partial charge >= 0.3 is 0 Å². The van der Waals surface area contributed by atoms with E-state index >= 15 is 0 Å². The van der Waals surface area contributed by atoms with Gasteiger partial charge in [-0.25, -0.2) is 0 Å². The average Bonchev–Trinajstić information content (AvgIpc) is 2.56. The molecule has 3 rings (SSSR count). The van der Waals surface area contributed by atoms with Gasteiger partial charge in [-0.3, -0.25) is 9.88 Å². The van der Waals surface area contributed by atoms with Crippen molar-refractivity contribution in [2.45, 2.75) is 38.2 Å². The maximum atomic E-state index is 10.9. The quantitative estimate of drug-likeness (QED) is 0.918. The van der Waals surface area contributed by atoms with Crippen molar-refractivity contribution in [2.24, 2.45) is 0 Å². The zero-order valence-corrected chi connectivity index (χ0v) is 14.4. The fourth-order valence-corrected chi connectivity index (χ4v) is 3.44. The van der Waals surface area contributed by atoms with Crippen molar-refractivity contribution in [3.63, 3.8) is 0 Å². The van der Waals surface area contributed by atoms with Crippen LogP contribution in [0.25, 0.3) is 0 Å². The van der Waals surface area contributed by atoms with Gasteiger partial charge in [-0.1, -0.05) is 13.8 Å². The van der Waals surface area contributed by atoms with Crippen molar-refractivity contribution in [3.8, 4) is 0 Å². The Bertz CT molecular complexity index is 489. The summed E-state index contributed by atoms with van der Waals surface area (Å²) in [5, 5.41) is 10.9. The Kier molecular flexibility index (Phi) is 5.19. The molecular formula is C18H29N3O2.